The molecule has 3 rings (SSSR count). The maximum atomic E-state index is 12.6. The maximum absolute atomic E-state index is 12.6. The van der Waals surface area contributed by atoms with Crippen LogP contribution in [-0.4, -0.2) is 30.8 Å². The number of nitrogens with one attached hydrogen (secondary N) is 1. The molecule has 0 bridgehead atoms. The minimum absolute atomic E-state index is 0.00530. The maximum Gasteiger partial charge on any atom is 0.266 e. The molecule has 2 N–H and O–H groups in total. The number of carbonyl (C=O) groups excluding carboxylic acids is 1. The minimum Gasteiger partial charge on any atom is -0.493 e. The highest BCUT2D eigenvalue weighted by Crippen LogP contribution is 2.40. The van der Waals surface area contributed by atoms with Crippen LogP contribution in [0.5, 0.6) is 0 Å². The molecule has 0 aromatic heterocycles. The van der Waals surface area contributed by atoms with E-state index in [4.69, 9.17) is 0 Å². The third kappa shape index (κ3) is 3.32. The molecule has 25 heavy (non-hydrogen) atoms. The van der Waals surface area contributed by atoms with Crippen molar-refractivity contribution in [2.45, 2.75) is 27.2 Å². The number of para-hydroxylation sites is 1. The van der Waals surface area contributed by atoms with Crippen LogP contribution in [-0.2, 0) is 14.8 Å². The summed E-state index contributed by atoms with van der Waals surface area (Å²) in [5.41, 5.74) is 1.73. The van der Waals surface area contributed by atoms with Gasteiger partial charge in [-0.15, -0.1) is 0 Å². The van der Waals surface area contributed by atoms with Crippen molar-refractivity contribution in [2.24, 2.45) is 0 Å². The van der Waals surface area contributed by atoms with Crippen molar-refractivity contribution in [3.63, 3.8) is 0 Å². The van der Waals surface area contributed by atoms with Crippen molar-refractivity contribution in [3.8, 4) is 0 Å². The van der Waals surface area contributed by atoms with E-state index in [1.807, 2.05) is 19.9 Å². The van der Waals surface area contributed by atoms with Crippen LogP contribution in [0.4, 0.5) is 5.69 Å². The Morgan fingerprint density at radius 2 is 1.80 bits per heavy atom. The van der Waals surface area contributed by atoms with Gasteiger partial charge in [-0.25, -0.2) is 12.7 Å². The van der Waals surface area contributed by atoms with E-state index in [-0.39, 0.29) is 10.5 Å². The topological polar surface area (TPSA) is 86.7 Å². The molecular formula is C18H22N2O4S. The van der Waals surface area contributed by atoms with Crippen molar-refractivity contribution in [1.82, 2.24) is 4.31 Å². The average Bonchev–Trinajstić information content (AvgIpc) is 2.98. The van der Waals surface area contributed by atoms with E-state index < -0.39 is 21.8 Å². The first-order valence-corrected chi connectivity index (χ1v) is 9.45. The number of rotatable bonds is 2. The number of nitrogens with zero attached hydrogens (tertiary/aromatic N) is 1. The van der Waals surface area contributed by atoms with E-state index in [0.29, 0.717) is 17.7 Å². The van der Waals surface area contributed by atoms with Gasteiger partial charge < -0.3 is 10.4 Å². The van der Waals surface area contributed by atoms with Crippen molar-refractivity contribution < 1.29 is 18.3 Å². The van der Waals surface area contributed by atoms with Gasteiger partial charge in [0.2, 0.25) is 5.88 Å². The van der Waals surface area contributed by atoms with Gasteiger partial charge in [0.05, 0.1) is 4.91 Å². The van der Waals surface area contributed by atoms with Crippen molar-refractivity contribution in [3.05, 3.63) is 63.9 Å². The molecule has 1 aliphatic carbocycles. The van der Waals surface area contributed by atoms with E-state index in [1.54, 1.807) is 37.3 Å². The number of anilines is 1. The van der Waals surface area contributed by atoms with Crippen LogP contribution < -0.4 is 5.32 Å². The van der Waals surface area contributed by atoms with Crippen LogP contribution in [0, 0.1) is 0 Å². The second-order valence-electron chi connectivity index (χ2n) is 5.50. The molecule has 7 heteroatoms. The molecule has 134 valence electrons. The van der Waals surface area contributed by atoms with Crippen LogP contribution in [0.25, 0.3) is 0 Å². The summed E-state index contributed by atoms with van der Waals surface area (Å²) in [6.07, 6.45) is 1.87. The lowest BCUT2D eigenvalue weighted by molar-refractivity contribution is -0.112. The number of aliphatic hydroxyl groups excluding tert-OH is 1. The molecule has 1 aromatic carbocycles. The number of aliphatic hydroxyl groups is 1. The summed E-state index contributed by atoms with van der Waals surface area (Å²) in [6.45, 7) is 5.79. The number of allylic oxidation sites excluding steroid dienone is 2. The predicted molar refractivity (Wildman–Crippen MR) is 98.2 cm³/mol. The standard InChI is InChI=1S/C16H16N2O4S.C2H6/c1-10-8-12-13(9-10)23(21,22)18(2)16(20)14(12)15(19)17-11-6-4-3-5-7-11;1-2/h3-7,9,20H,8H2,1-2H3,(H,17,19);1-2H3. The van der Waals surface area contributed by atoms with Gasteiger partial charge in [0.25, 0.3) is 15.9 Å². The smallest absolute Gasteiger partial charge is 0.266 e. The Hall–Kier alpha value is -2.54. The molecule has 0 spiro atoms. The molecular weight excluding hydrogens is 340 g/mol. The summed E-state index contributed by atoms with van der Waals surface area (Å²) in [5.74, 6) is -1.09. The lowest BCUT2D eigenvalue weighted by Crippen LogP contribution is -2.35. The zero-order valence-electron chi connectivity index (χ0n) is 14.7. The molecule has 0 unspecified atom stereocenters. The van der Waals surface area contributed by atoms with Gasteiger partial charge in [0, 0.05) is 12.7 Å². The van der Waals surface area contributed by atoms with Crippen molar-refractivity contribution in [2.75, 3.05) is 12.4 Å². The predicted octanol–water partition coefficient (Wildman–Crippen LogP) is 3.30. The van der Waals surface area contributed by atoms with Gasteiger partial charge in [-0.05, 0) is 37.1 Å². The fourth-order valence-electron chi connectivity index (χ4n) is 2.68. The summed E-state index contributed by atoms with van der Waals surface area (Å²) in [4.78, 5) is 12.7. The third-order valence-electron chi connectivity index (χ3n) is 3.85. The monoisotopic (exact) mass is 362 g/mol. The van der Waals surface area contributed by atoms with Crippen LogP contribution in [0.15, 0.2) is 63.9 Å². The highest BCUT2D eigenvalue weighted by atomic mass is 32.2. The number of sulfonamides is 1. The minimum atomic E-state index is -3.81. The fourth-order valence-corrected chi connectivity index (χ4v) is 4.13. The Kier molecular flexibility index (Phi) is 5.37. The molecule has 1 aromatic rings. The molecule has 0 saturated carbocycles. The van der Waals surface area contributed by atoms with Gasteiger partial charge in [-0.2, -0.15) is 0 Å². The zero-order chi connectivity index (χ0) is 18.8. The number of amides is 1. The molecule has 1 amide bonds. The molecule has 0 radical (unpaired) electrons. The van der Waals surface area contributed by atoms with E-state index in [2.05, 4.69) is 5.32 Å². The molecule has 0 atom stereocenters. The highest BCUT2D eigenvalue weighted by molar-refractivity contribution is 7.93. The van der Waals surface area contributed by atoms with E-state index >= 15 is 0 Å². The first-order valence-electron chi connectivity index (χ1n) is 8.01. The van der Waals surface area contributed by atoms with Crippen LogP contribution in [0.2, 0.25) is 0 Å². The fraction of sp³-hybridized carbons (Fsp3) is 0.278. The van der Waals surface area contributed by atoms with Crippen molar-refractivity contribution in [1.29, 1.82) is 0 Å². The van der Waals surface area contributed by atoms with E-state index in [9.17, 15) is 18.3 Å². The Balaban J connectivity index is 0.00000109. The molecule has 0 saturated heterocycles. The lowest BCUT2D eigenvalue weighted by Gasteiger charge is -2.27. The summed E-state index contributed by atoms with van der Waals surface area (Å²) in [6, 6.07) is 8.79. The normalized spacial score (nSPS) is 18.2. The first-order chi connectivity index (χ1) is 11.8. The van der Waals surface area contributed by atoms with Gasteiger partial charge >= 0.3 is 0 Å². The summed E-state index contributed by atoms with van der Waals surface area (Å²) in [7, 11) is -2.58. The Morgan fingerprint density at radius 3 is 2.40 bits per heavy atom. The Labute approximate surface area is 148 Å². The van der Waals surface area contributed by atoms with Crippen molar-refractivity contribution >= 4 is 21.6 Å². The Bertz CT molecular complexity index is 881. The number of hydrogen-bond donors (Lipinski definition) is 2. The largest absolute Gasteiger partial charge is 0.493 e. The summed E-state index contributed by atoms with van der Waals surface area (Å²) >= 11 is 0. The molecule has 0 fully saturated rings. The highest BCUT2D eigenvalue weighted by Gasteiger charge is 2.40. The van der Waals surface area contributed by atoms with E-state index in [0.717, 1.165) is 9.88 Å². The Morgan fingerprint density at radius 1 is 1.20 bits per heavy atom. The lowest BCUT2D eigenvalue weighted by atomic mass is 10.0. The molecule has 6 nitrogen and oxygen atoms in total. The quantitative estimate of drug-likeness (QED) is 0.845. The van der Waals surface area contributed by atoms with Gasteiger partial charge in [0.15, 0.2) is 0 Å². The third-order valence-corrected chi connectivity index (χ3v) is 5.67. The number of benzene rings is 1. The second-order valence-corrected chi connectivity index (χ2v) is 7.44. The first kappa shape index (κ1) is 18.8. The molecule has 1 heterocycles. The second kappa shape index (κ2) is 7.14. The summed E-state index contributed by atoms with van der Waals surface area (Å²) in [5, 5.41) is 12.9. The van der Waals surface area contributed by atoms with E-state index in [1.165, 1.54) is 7.05 Å². The van der Waals surface area contributed by atoms with Gasteiger partial charge in [-0.3, -0.25) is 4.79 Å². The SMILES string of the molecule is CC.CC1=CC2=C(C1)C(C(=O)Nc1ccccc1)=C(O)N(C)S2(=O)=O. The van der Waals surface area contributed by atoms with Crippen LogP contribution in [0.1, 0.15) is 27.2 Å². The number of hydrogen-bond acceptors (Lipinski definition) is 4. The average molecular weight is 362 g/mol. The van der Waals surface area contributed by atoms with Gasteiger partial charge in [-0.1, -0.05) is 37.6 Å². The molecule has 2 aliphatic rings. The number of carbonyl (C=O) groups is 1. The molecule has 1 aliphatic heterocycles. The van der Waals surface area contributed by atoms with Crippen LogP contribution in [0.3, 0.4) is 0 Å². The summed E-state index contributed by atoms with van der Waals surface area (Å²) < 4.78 is 25.5. The van der Waals surface area contributed by atoms with Crippen LogP contribution >= 0.6 is 0 Å². The van der Waals surface area contributed by atoms with Gasteiger partial charge in [0.1, 0.15) is 5.57 Å². The zero-order valence-corrected chi connectivity index (χ0v) is 15.5.